The van der Waals surface area contributed by atoms with Gasteiger partial charge in [0.25, 0.3) is 11.5 Å². The monoisotopic (exact) mass is 459 g/mol. The predicted molar refractivity (Wildman–Crippen MR) is 130 cm³/mol. The van der Waals surface area contributed by atoms with Crippen molar-refractivity contribution in [3.05, 3.63) is 52.6 Å². The molecule has 3 aliphatic carbocycles. The van der Waals surface area contributed by atoms with Gasteiger partial charge in [-0.15, -0.1) is 0 Å². The van der Waals surface area contributed by atoms with E-state index in [1.807, 2.05) is 24.4 Å². The highest BCUT2D eigenvalue weighted by Crippen LogP contribution is 2.62. The van der Waals surface area contributed by atoms with E-state index in [0.29, 0.717) is 17.5 Å². The van der Waals surface area contributed by atoms with Crippen LogP contribution in [0.5, 0.6) is 0 Å². The highest BCUT2D eigenvalue weighted by molar-refractivity contribution is 5.96. The molecule has 1 N–H and O–H groups in total. The molecule has 4 heterocycles. The van der Waals surface area contributed by atoms with Crippen molar-refractivity contribution in [3.8, 4) is 0 Å². The Bertz CT molecular complexity index is 1300. The van der Waals surface area contributed by atoms with Gasteiger partial charge in [-0.05, 0) is 56.2 Å². The summed E-state index contributed by atoms with van der Waals surface area (Å²) in [7, 11) is 3.33. The topological polar surface area (TPSA) is 96.2 Å². The maximum atomic E-state index is 13.5. The number of aromatic nitrogens is 4. The molecule has 176 valence electrons. The number of amides is 1. The lowest BCUT2D eigenvalue weighted by atomic mass is 9.49. The van der Waals surface area contributed by atoms with Gasteiger partial charge in [-0.25, -0.2) is 9.97 Å². The second-order valence-electron chi connectivity index (χ2n) is 10.2. The number of hydrogen-bond acceptors (Lipinski definition) is 7. The van der Waals surface area contributed by atoms with E-state index >= 15 is 0 Å². The van der Waals surface area contributed by atoms with Gasteiger partial charge in [0.15, 0.2) is 0 Å². The lowest BCUT2D eigenvalue weighted by Gasteiger charge is -2.62. The molecule has 0 unspecified atom stereocenters. The van der Waals surface area contributed by atoms with E-state index in [1.54, 1.807) is 30.9 Å². The Labute approximate surface area is 197 Å². The second kappa shape index (κ2) is 7.78. The van der Waals surface area contributed by atoms with E-state index in [0.717, 1.165) is 56.4 Å². The average molecular weight is 460 g/mol. The Balaban J connectivity index is 1.29. The minimum atomic E-state index is -0.283. The molecule has 1 amide bonds. The molecular weight excluding hydrogens is 430 g/mol. The van der Waals surface area contributed by atoms with Gasteiger partial charge in [0, 0.05) is 51.0 Å². The van der Waals surface area contributed by atoms with Gasteiger partial charge in [-0.2, -0.15) is 4.98 Å². The standard InChI is InChI=1S/C25H29N7O2/c1-30(2)22(33)19-11-17-15-27-24(29-21(17)32(23(19)34)25-12-16(13-25)14-25)28-18-6-9-31(10-7-18)20-5-3-4-8-26-20/h3-5,8,11,15-16,18H,6-7,9-10,12-14H2,1-2H3,(H,27,28,29). The number of rotatable bonds is 5. The van der Waals surface area contributed by atoms with Gasteiger partial charge in [-0.3, -0.25) is 14.2 Å². The quantitative estimate of drug-likeness (QED) is 0.626. The Morgan fingerprint density at radius 3 is 2.53 bits per heavy atom. The van der Waals surface area contributed by atoms with Crippen molar-refractivity contribution in [3.63, 3.8) is 0 Å². The average Bonchev–Trinajstić information content (AvgIpc) is 2.79. The van der Waals surface area contributed by atoms with Crippen LogP contribution in [0, 0.1) is 5.92 Å². The molecule has 0 aromatic carbocycles. The Hall–Kier alpha value is -3.49. The first kappa shape index (κ1) is 21.1. The van der Waals surface area contributed by atoms with Crippen LogP contribution in [0.4, 0.5) is 11.8 Å². The van der Waals surface area contributed by atoms with E-state index in [1.165, 1.54) is 4.90 Å². The molecule has 3 saturated carbocycles. The van der Waals surface area contributed by atoms with Crippen LogP contribution in [0.25, 0.3) is 11.0 Å². The summed E-state index contributed by atoms with van der Waals surface area (Å²) in [5, 5.41) is 4.21. The Morgan fingerprint density at radius 2 is 1.91 bits per heavy atom. The molecule has 4 fully saturated rings. The molecule has 4 aliphatic rings. The third-order valence-corrected chi connectivity index (χ3v) is 7.66. The van der Waals surface area contributed by atoms with Crippen LogP contribution in [0.1, 0.15) is 42.5 Å². The minimum Gasteiger partial charge on any atom is -0.356 e. The highest BCUT2D eigenvalue weighted by atomic mass is 16.2. The number of nitrogens with one attached hydrogen (secondary N) is 1. The third-order valence-electron chi connectivity index (χ3n) is 7.66. The molecule has 3 aromatic heterocycles. The lowest BCUT2D eigenvalue weighted by molar-refractivity contribution is -0.0884. The zero-order valence-electron chi connectivity index (χ0n) is 19.6. The van der Waals surface area contributed by atoms with Crippen molar-refractivity contribution in [1.82, 2.24) is 24.4 Å². The van der Waals surface area contributed by atoms with Crippen molar-refractivity contribution in [2.45, 2.75) is 43.7 Å². The molecular formula is C25H29N7O2. The summed E-state index contributed by atoms with van der Waals surface area (Å²) in [6, 6.07) is 7.89. The normalized spacial score (nSPS) is 23.8. The summed E-state index contributed by atoms with van der Waals surface area (Å²) < 4.78 is 1.80. The summed E-state index contributed by atoms with van der Waals surface area (Å²) in [5.74, 6) is 1.96. The molecule has 3 aromatic rings. The number of pyridine rings is 2. The number of fused-ring (bicyclic) bond motifs is 1. The van der Waals surface area contributed by atoms with Crippen LogP contribution in [0.3, 0.4) is 0 Å². The van der Waals surface area contributed by atoms with Crippen molar-refractivity contribution in [1.29, 1.82) is 0 Å². The Morgan fingerprint density at radius 1 is 1.15 bits per heavy atom. The number of hydrogen-bond donors (Lipinski definition) is 1. The lowest BCUT2D eigenvalue weighted by Crippen LogP contribution is -2.62. The van der Waals surface area contributed by atoms with Crippen LogP contribution in [-0.4, -0.2) is 63.6 Å². The van der Waals surface area contributed by atoms with Gasteiger partial charge in [0.2, 0.25) is 5.95 Å². The van der Waals surface area contributed by atoms with Crippen molar-refractivity contribution in [2.75, 3.05) is 37.4 Å². The fourth-order valence-corrected chi connectivity index (χ4v) is 5.68. The van der Waals surface area contributed by atoms with Gasteiger partial charge in [-0.1, -0.05) is 6.07 Å². The van der Waals surface area contributed by atoms with Crippen LogP contribution in [-0.2, 0) is 5.54 Å². The number of anilines is 2. The summed E-state index contributed by atoms with van der Waals surface area (Å²) >= 11 is 0. The van der Waals surface area contributed by atoms with Crippen LogP contribution in [0.2, 0.25) is 0 Å². The smallest absolute Gasteiger partial charge is 0.265 e. The van der Waals surface area contributed by atoms with E-state index in [-0.39, 0.29) is 28.6 Å². The SMILES string of the molecule is CN(C)C(=O)c1cc2cnc(NC3CCN(c4ccccn4)CC3)nc2n(C23CC(C2)C3)c1=O. The van der Waals surface area contributed by atoms with Gasteiger partial charge in [0.1, 0.15) is 17.0 Å². The molecule has 0 spiro atoms. The highest BCUT2D eigenvalue weighted by Gasteiger charge is 2.59. The van der Waals surface area contributed by atoms with Crippen molar-refractivity contribution >= 4 is 28.7 Å². The van der Waals surface area contributed by atoms with E-state index < -0.39 is 0 Å². The summed E-state index contributed by atoms with van der Waals surface area (Å²) in [6.07, 6.45) is 8.42. The second-order valence-corrected chi connectivity index (χ2v) is 10.2. The van der Waals surface area contributed by atoms with Gasteiger partial charge >= 0.3 is 0 Å². The van der Waals surface area contributed by atoms with Crippen LogP contribution in [0.15, 0.2) is 41.5 Å². The fourth-order valence-electron chi connectivity index (χ4n) is 5.68. The maximum Gasteiger partial charge on any atom is 0.265 e. The van der Waals surface area contributed by atoms with Crippen LogP contribution < -0.4 is 15.8 Å². The molecule has 9 nitrogen and oxygen atoms in total. The first-order chi connectivity index (χ1) is 16.4. The maximum absolute atomic E-state index is 13.5. The summed E-state index contributed by atoms with van der Waals surface area (Å²) in [6.45, 7) is 1.82. The molecule has 34 heavy (non-hydrogen) atoms. The van der Waals surface area contributed by atoms with Crippen LogP contribution >= 0.6 is 0 Å². The molecule has 9 heteroatoms. The zero-order valence-corrected chi connectivity index (χ0v) is 19.6. The molecule has 1 saturated heterocycles. The molecule has 7 rings (SSSR count). The van der Waals surface area contributed by atoms with E-state index in [2.05, 4.69) is 20.2 Å². The Kier molecular flexibility index (Phi) is 4.82. The first-order valence-electron chi connectivity index (χ1n) is 12.0. The number of carbonyl (C=O) groups excluding carboxylic acids is 1. The van der Waals surface area contributed by atoms with Gasteiger partial charge < -0.3 is 15.1 Å². The number of carbonyl (C=O) groups is 1. The zero-order chi connectivity index (χ0) is 23.4. The number of piperidine rings is 1. The first-order valence-corrected chi connectivity index (χ1v) is 12.0. The van der Waals surface area contributed by atoms with Crippen molar-refractivity contribution in [2.24, 2.45) is 5.92 Å². The summed E-state index contributed by atoms with van der Waals surface area (Å²) in [5.41, 5.74) is 0.385. The minimum absolute atomic E-state index is 0.188. The molecule has 0 radical (unpaired) electrons. The third kappa shape index (κ3) is 3.33. The fraction of sp³-hybridized carbons (Fsp3) is 0.480. The predicted octanol–water partition coefficient (Wildman–Crippen LogP) is 2.48. The van der Waals surface area contributed by atoms with Gasteiger partial charge in [0.05, 0.1) is 5.54 Å². The van der Waals surface area contributed by atoms with Crippen molar-refractivity contribution < 1.29 is 4.79 Å². The largest absolute Gasteiger partial charge is 0.356 e. The molecule has 0 atom stereocenters. The van der Waals surface area contributed by atoms with E-state index in [9.17, 15) is 9.59 Å². The molecule has 1 aliphatic heterocycles. The molecule has 2 bridgehead atoms. The summed E-state index contributed by atoms with van der Waals surface area (Å²) in [4.78, 5) is 43.8. The van der Waals surface area contributed by atoms with E-state index in [4.69, 9.17) is 4.98 Å². The number of nitrogens with zero attached hydrogens (tertiary/aromatic N) is 6.